The fraction of sp³-hybridized carbons (Fsp3) is 0.100. The van der Waals surface area contributed by atoms with E-state index in [0.717, 1.165) is 12.2 Å². The van der Waals surface area contributed by atoms with Crippen LogP contribution in [0.5, 0.6) is 5.75 Å². The molecular formula is C10H8BrNO5. The lowest BCUT2D eigenvalue weighted by atomic mass is 10.1. The van der Waals surface area contributed by atoms with Gasteiger partial charge in [-0.1, -0.05) is 0 Å². The average Bonchev–Trinajstić information content (AvgIpc) is 2.25. The maximum Gasteiger partial charge on any atom is 0.328 e. The van der Waals surface area contributed by atoms with Crippen molar-refractivity contribution in [1.82, 2.24) is 0 Å². The first-order valence-corrected chi connectivity index (χ1v) is 5.18. The second-order valence-electron chi connectivity index (χ2n) is 2.97. The van der Waals surface area contributed by atoms with Gasteiger partial charge in [-0.3, -0.25) is 10.1 Å². The first kappa shape index (κ1) is 13.2. The van der Waals surface area contributed by atoms with Gasteiger partial charge in [0.05, 0.1) is 28.1 Å². The molecule has 0 aliphatic rings. The predicted octanol–water partition coefficient (Wildman–Crippen LogP) is 2.46. The summed E-state index contributed by atoms with van der Waals surface area (Å²) in [5.74, 6) is -0.865. The van der Waals surface area contributed by atoms with E-state index >= 15 is 0 Å². The van der Waals surface area contributed by atoms with Crippen LogP contribution in [0.3, 0.4) is 0 Å². The number of nitro benzene ring substituents is 1. The Kier molecular flexibility index (Phi) is 4.22. The molecule has 0 spiro atoms. The normalized spacial score (nSPS) is 10.5. The highest BCUT2D eigenvalue weighted by Gasteiger charge is 2.16. The number of rotatable bonds is 4. The number of nitro groups is 1. The highest BCUT2D eigenvalue weighted by atomic mass is 79.9. The van der Waals surface area contributed by atoms with E-state index in [0.29, 0.717) is 10.2 Å². The van der Waals surface area contributed by atoms with E-state index in [1.807, 2.05) is 0 Å². The summed E-state index contributed by atoms with van der Waals surface area (Å²) in [5, 5.41) is 19.3. The van der Waals surface area contributed by atoms with Gasteiger partial charge < -0.3 is 9.84 Å². The number of benzene rings is 1. The molecule has 7 heteroatoms. The summed E-state index contributed by atoms with van der Waals surface area (Å²) in [7, 11) is 1.39. The maximum atomic E-state index is 10.8. The fourth-order valence-electron chi connectivity index (χ4n) is 1.17. The molecule has 0 fully saturated rings. The predicted molar refractivity (Wildman–Crippen MR) is 64.0 cm³/mol. The van der Waals surface area contributed by atoms with Crippen LogP contribution in [0.4, 0.5) is 5.69 Å². The zero-order valence-corrected chi connectivity index (χ0v) is 10.3. The van der Waals surface area contributed by atoms with Crippen LogP contribution in [-0.2, 0) is 4.79 Å². The summed E-state index contributed by atoms with van der Waals surface area (Å²) in [6.07, 6.45) is 1.99. The summed E-state index contributed by atoms with van der Waals surface area (Å²) in [5.41, 5.74) is -0.0346. The highest BCUT2D eigenvalue weighted by molar-refractivity contribution is 9.10. The van der Waals surface area contributed by atoms with Crippen molar-refractivity contribution in [3.8, 4) is 5.75 Å². The summed E-state index contributed by atoms with van der Waals surface area (Å²) < 4.78 is 5.43. The van der Waals surface area contributed by atoms with Gasteiger partial charge in [-0.05, 0) is 28.1 Å². The Labute approximate surface area is 105 Å². The first-order chi connectivity index (χ1) is 7.95. The molecule has 17 heavy (non-hydrogen) atoms. The Hall–Kier alpha value is -1.89. The van der Waals surface area contributed by atoms with Crippen LogP contribution < -0.4 is 4.74 Å². The van der Waals surface area contributed by atoms with Crippen LogP contribution in [0.15, 0.2) is 22.7 Å². The minimum Gasteiger partial charge on any atom is -0.495 e. The van der Waals surface area contributed by atoms with E-state index in [9.17, 15) is 14.9 Å². The molecule has 0 aliphatic carbocycles. The number of carbonyl (C=O) groups is 1. The second kappa shape index (κ2) is 5.44. The molecule has 1 rings (SSSR count). The Morgan fingerprint density at radius 1 is 1.59 bits per heavy atom. The van der Waals surface area contributed by atoms with Crippen molar-refractivity contribution in [2.24, 2.45) is 0 Å². The molecule has 0 unspecified atom stereocenters. The van der Waals surface area contributed by atoms with Gasteiger partial charge in [-0.2, -0.15) is 0 Å². The molecule has 0 amide bonds. The number of halogens is 1. The van der Waals surface area contributed by atoms with E-state index in [-0.39, 0.29) is 11.3 Å². The van der Waals surface area contributed by atoms with Crippen LogP contribution in [0.1, 0.15) is 5.56 Å². The van der Waals surface area contributed by atoms with Gasteiger partial charge in [0, 0.05) is 6.08 Å². The number of aliphatic carboxylic acids is 1. The number of carboxylic acid groups (broad SMARTS) is 1. The first-order valence-electron chi connectivity index (χ1n) is 4.38. The Morgan fingerprint density at radius 2 is 2.24 bits per heavy atom. The summed E-state index contributed by atoms with van der Waals surface area (Å²) in [6, 6.07) is 2.65. The third-order valence-electron chi connectivity index (χ3n) is 1.90. The van der Waals surface area contributed by atoms with Crippen LogP contribution >= 0.6 is 15.9 Å². The van der Waals surface area contributed by atoms with E-state index in [1.165, 1.54) is 19.2 Å². The van der Waals surface area contributed by atoms with Gasteiger partial charge >= 0.3 is 5.97 Å². The lowest BCUT2D eigenvalue weighted by Crippen LogP contribution is -1.95. The van der Waals surface area contributed by atoms with Crippen molar-refractivity contribution in [2.75, 3.05) is 7.11 Å². The lowest BCUT2D eigenvalue weighted by molar-refractivity contribution is -0.385. The smallest absolute Gasteiger partial charge is 0.328 e. The molecule has 0 radical (unpaired) electrons. The van der Waals surface area contributed by atoms with E-state index < -0.39 is 10.9 Å². The third kappa shape index (κ3) is 3.28. The van der Waals surface area contributed by atoms with Crippen LogP contribution in [0, 0.1) is 10.1 Å². The van der Waals surface area contributed by atoms with E-state index in [4.69, 9.17) is 9.84 Å². The van der Waals surface area contributed by atoms with Crippen molar-refractivity contribution in [3.05, 3.63) is 38.4 Å². The van der Waals surface area contributed by atoms with Crippen LogP contribution in [0.2, 0.25) is 0 Å². The standard InChI is InChI=1S/C10H8BrNO5/c1-17-9-5-8(12(15)16)6(4-7(9)11)2-3-10(13)14/h2-5H,1H3,(H,13,14)/b3-2+. The molecule has 1 aromatic rings. The molecular weight excluding hydrogens is 294 g/mol. The summed E-state index contributed by atoms with van der Waals surface area (Å²) in [6.45, 7) is 0. The minimum absolute atomic E-state index is 0.185. The SMILES string of the molecule is COc1cc([N+](=O)[O-])c(/C=C/C(=O)O)cc1Br. The van der Waals surface area contributed by atoms with Crippen molar-refractivity contribution in [3.63, 3.8) is 0 Å². The van der Waals surface area contributed by atoms with Crippen LogP contribution in [0.25, 0.3) is 6.08 Å². The quantitative estimate of drug-likeness (QED) is 0.524. The highest BCUT2D eigenvalue weighted by Crippen LogP contribution is 2.33. The minimum atomic E-state index is -1.17. The largest absolute Gasteiger partial charge is 0.495 e. The van der Waals surface area contributed by atoms with Crippen molar-refractivity contribution < 1.29 is 19.6 Å². The Balaban J connectivity index is 3.32. The maximum absolute atomic E-state index is 10.8. The Morgan fingerprint density at radius 3 is 2.71 bits per heavy atom. The molecule has 1 aromatic carbocycles. The number of nitrogens with zero attached hydrogens (tertiary/aromatic N) is 1. The molecule has 0 aromatic heterocycles. The number of methoxy groups -OCH3 is 1. The average molecular weight is 302 g/mol. The molecule has 0 heterocycles. The molecule has 0 atom stereocenters. The molecule has 0 bridgehead atoms. The Bertz CT molecular complexity index is 498. The lowest BCUT2D eigenvalue weighted by Gasteiger charge is -2.04. The molecule has 90 valence electrons. The number of ether oxygens (including phenoxy) is 1. The van der Waals surface area contributed by atoms with Gasteiger partial charge in [-0.15, -0.1) is 0 Å². The number of hydrogen-bond donors (Lipinski definition) is 1. The van der Waals surface area contributed by atoms with Gasteiger partial charge in [0.2, 0.25) is 0 Å². The van der Waals surface area contributed by atoms with Gasteiger partial charge in [0.1, 0.15) is 5.75 Å². The van der Waals surface area contributed by atoms with Gasteiger partial charge in [0.15, 0.2) is 0 Å². The zero-order chi connectivity index (χ0) is 13.0. The van der Waals surface area contributed by atoms with Gasteiger partial charge in [0.25, 0.3) is 5.69 Å². The topological polar surface area (TPSA) is 89.7 Å². The van der Waals surface area contributed by atoms with E-state index in [2.05, 4.69) is 15.9 Å². The fourth-order valence-corrected chi connectivity index (χ4v) is 1.69. The summed E-state index contributed by atoms with van der Waals surface area (Å²) >= 11 is 3.17. The number of hydrogen-bond acceptors (Lipinski definition) is 4. The van der Waals surface area contributed by atoms with Crippen molar-refractivity contribution in [1.29, 1.82) is 0 Å². The molecule has 0 saturated carbocycles. The van der Waals surface area contributed by atoms with Gasteiger partial charge in [-0.25, -0.2) is 4.79 Å². The molecule has 6 nitrogen and oxygen atoms in total. The van der Waals surface area contributed by atoms with E-state index in [1.54, 1.807) is 0 Å². The zero-order valence-electron chi connectivity index (χ0n) is 8.71. The van der Waals surface area contributed by atoms with Crippen molar-refractivity contribution in [2.45, 2.75) is 0 Å². The number of carboxylic acids is 1. The molecule has 1 N–H and O–H groups in total. The molecule has 0 saturated heterocycles. The van der Waals surface area contributed by atoms with Crippen LogP contribution in [-0.4, -0.2) is 23.1 Å². The second-order valence-corrected chi connectivity index (χ2v) is 3.83. The monoisotopic (exact) mass is 301 g/mol. The third-order valence-corrected chi connectivity index (χ3v) is 2.52. The summed E-state index contributed by atoms with van der Waals surface area (Å²) in [4.78, 5) is 20.6. The van der Waals surface area contributed by atoms with Crippen molar-refractivity contribution >= 4 is 33.7 Å². The molecule has 0 aliphatic heterocycles.